The Morgan fingerprint density at radius 2 is 1.44 bits per heavy atom. The summed E-state index contributed by atoms with van der Waals surface area (Å²) < 4.78 is 63.8. The summed E-state index contributed by atoms with van der Waals surface area (Å²) in [4.78, 5) is 37.7. The molecule has 2 aromatic rings. The molecule has 11 heteroatoms. The largest absolute Gasteiger partial charge is 0.475 e. The van der Waals surface area contributed by atoms with Crippen LogP contribution in [0.1, 0.15) is 25.5 Å². The molecule has 1 atom stereocenters. The summed E-state index contributed by atoms with van der Waals surface area (Å²) in [6.45, 7) is 1.75. The van der Waals surface area contributed by atoms with E-state index in [9.17, 15) is 36.3 Å². The molecule has 1 aliphatic heterocycles. The van der Waals surface area contributed by atoms with Crippen molar-refractivity contribution in [1.82, 2.24) is 10.6 Å². The Kier molecular flexibility index (Phi) is 5.71. The van der Waals surface area contributed by atoms with E-state index in [-0.39, 0.29) is 0 Å². The van der Waals surface area contributed by atoms with Crippen molar-refractivity contribution >= 4 is 23.4 Å². The van der Waals surface area contributed by atoms with Crippen LogP contribution in [-0.4, -0.2) is 29.9 Å². The number of alkyl halides is 5. The van der Waals surface area contributed by atoms with Crippen molar-refractivity contribution < 1.29 is 36.3 Å². The van der Waals surface area contributed by atoms with Crippen LogP contribution in [-0.2, 0) is 14.4 Å². The van der Waals surface area contributed by atoms with E-state index in [1.54, 1.807) is 48.5 Å². The maximum atomic E-state index is 13.2. The predicted octanol–water partition coefficient (Wildman–Crippen LogP) is 3.76. The molecule has 3 amide bonds. The molecule has 0 aliphatic carbocycles. The molecule has 0 radical (unpaired) electrons. The van der Waals surface area contributed by atoms with E-state index in [1.165, 1.54) is 0 Å². The minimum Gasteiger partial charge on any atom is -0.340 e. The van der Waals surface area contributed by atoms with Crippen LogP contribution in [0.4, 0.5) is 27.6 Å². The summed E-state index contributed by atoms with van der Waals surface area (Å²) in [6, 6.07) is 6.55. The Labute approximate surface area is 179 Å². The highest BCUT2D eigenvalue weighted by molar-refractivity contribution is 6.08. The highest BCUT2D eigenvalue weighted by Crippen LogP contribution is 2.38. The zero-order valence-corrected chi connectivity index (χ0v) is 16.8. The normalized spacial score (nSPS) is 16.2. The topological polar surface area (TPSA) is 87.3 Å². The number of nitrogens with one attached hydrogen (secondary N) is 3. The molecule has 0 saturated heterocycles. The van der Waals surface area contributed by atoms with E-state index in [0.717, 1.165) is 13.8 Å². The van der Waals surface area contributed by atoms with Gasteiger partial charge >= 0.3 is 12.2 Å². The Balaban J connectivity index is 1.90. The molecule has 3 N–H and O–H groups in total. The summed E-state index contributed by atoms with van der Waals surface area (Å²) in [5.74, 6) is -3.75. The second kappa shape index (κ2) is 7.88. The van der Waals surface area contributed by atoms with Crippen molar-refractivity contribution in [1.29, 1.82) is 0 Å². The van der Waals surface area contributed by atoms with Gasteiger partial charge < -0.3 is 10.6 Å². The summed E-state index contributed by atoms with van der Waals surface area (Å²) in [6.07, 6.45) is -6.04. The van der Waals surface area contributed by atoms with Crippen LogP contribution in [0.3, 0.4) is 0 Å². The number of carbonyl (C=O) groups excluding carboxylic acids is 3. The fraction of sp³-hybridized carbons (Fsp3) is 0.286. The van der Waals surface area contributed by atoms with Gasteiger partial charge in [0.2, 0.25) is 11.8 Å². The Morgan fingerprint density at radius 1 is 0.875 bits per heavy atom. The maximum absolute atomic E-state index is 13.2. The Bertz CT molecular complexity index is 1080. The molecule has 0 fully saturated rings. The number of benzene rings is 2. The Hall–Kier alpha value is -3.50. The number of halogens is 5. The third-order valence-electron chi connectivity index (χ3n) is 5.05. The summed E-state index contributed by atoms with van der Waals surface area (Å²) in [5.41, 5.74) is -0.278. The van der Waals surface area contributed by atoms with E-state index in [1.807, 2.05) is 0 Å². The van der Waals surface area contributed by atoms with Crippen LogP contribution in [0.25, 0.3) is 11.1 Å². The number of fused-ring (bicyclic) bond motifs is 3. The van der Waals surface area contributed by atoms with E-state index >= 15 is 0 Å². The van der Waals surface area contributed by atoms with Gasteiger partial charge in [0.15, 0.2) is 0 Å². The number of para-hydroxylation sites is 1. The van der Waals surface area contributed by atoms with E-state index in [2.05, 4.69) is 10.6 Å². The first kappa shape index (κ1) is 23.2. The van der Waals surface area contributed by atoms with Crippen LogP contribution in [0.2, 0.25) is 0 Å². The quantitative estimate of drug-likeness (QED) is 0.373. The molecule has 0 bridgehead atoms. The molecule has 1 heterocycles. The Morgan fingerprint density at radius 3 is 2.06 bits per heavy atom. The summed E-state index contributed by atoms with van der Waals surface area (Å²) in [5, 5.41) is 5.50. The second-order valence-corrected chi connectivity index (χ2v) is 7.68. The van der Waals surface area contributed by atoms with Crippen molar-refractivity contribution in [2.75, 3.05) is 5.32 Å². The fourth-order valence-corrected chi connectivity index (χ4v) is 3.09. The van der Waals surface area contributed by atoms with Crippen LogP contribution in [0.15, 0.2) is 48.5 Å². The molecular weight excluding hydrogens is 437 g/mol. The number of amides is 3. The lowest BCUT2D eigenvalue weighted by molar-refractivity contribution is -0.293. The van der Waals surface area contributed by atoms with E-state index in [0.29, 0.717) is 27.7 Å². The van der Waals surface area contributed by atoms with Crippen molar-refractivity contribution in [2.24, 2.45) is 5.41 Å². The smallest absolute Gasteiger partial charge is 0.340 e. The fourth-order valence-electron chi connectivity index (χ4n) is 3.09. The van der Waals surface area contributed by atoms with Gasteiger partial charge in [-0.3, -0.25) is 19.7 Å². The van der Waals surface area contributed by atoms with Gasteiger partial charge in [0.25, 0.3) is 5.91 Å². The standard InChI is InChI=1S/C21H18F5N3O3/c1-19(2,18(32)29-21(25,26)20(22,23)24)17(31)28-15-13-9-4-3-7-11(13)12-8-5-6-10-14(12)27-16(15)30/h3-10,15H,1-2H3,(H,27,30)(H,28,31)(H,29,32)/t15-/m0/s1. The zero-order valence-electron chi connectivity index (χ0n) is 16.8. The van der Waals surface area contributed by atoms with Crippen molar-refractivity contribution in [3.05, 3.63) is 54.1 Å². The number of rotatable bonds is 4. The van der Waals surface area contributed by atoms with Crippen LogP contribution < -0.4 is 16.0 Å². The second-order valence-electron chi connectivity index (χ2n) is 7.68. The van der Waals surface area contributed by atoms with Crippen LogP contribution >= 0.6 is 0 Å². The van der Waals surface area contributed by atoms with Crippen molar-refractivity contribution in [2.45, 2.75) is 32.1 Å². The summed E-state index contributed by atoms with van der Waals surface area (Å²) >= 11 is 0. The van der Waals surface area contributed by atoms with Crippen LogP contribution in [0.5, 0.6) is 0 Å². The number of carbonyl (C=O) groups is 3. The zero-order chi connectivity index (χ0) is 23.9. The molecule has 3 rings (SSSR count). The number of anilines is 1. The average Bonchev–Trinajstić information content (AvgIpc) is 2.81. The number of hydrogen-bond acceptors (Lipinski definition) is 3. The maximum Gasteiger partial charge on any atom is 0.475 e. The van der Waals surface area contributed by atoms with Gasteiger partial charge in [0, 0.05) is 11.3 Å². The third kappa shape index (κ3) is 4.14. The lowest BCUT2D eigenvalue weighted by Gasteiger charge is -2.29. The van der Waals surface area contributed by atoms with E-state index < -0.39 is 41.4 Å². The third-order valence-corrected chi connectivity index (χ3v) is 5.05. The molecule has 32 heavy (non-hydrogen) atoms. The molecular formula is C21H18F5N3O3. The highest BCUT2D eigenvalue weighted by atomic mass is 19.4. The lowest BCUT2D eigenvalue weighted by atomic mass is 9.89. The molecule has 6 nitrogen and oxygen atoms in total. The first-order valence-electron chi connectivity index (χ1n) is 9.33. The first-order chi connectivity index (χ1) is 14.8. The van der Waals surface area contributed by atoms with Crippen molar-refractivity contribution in [3.8, 4) is 11.1 Å². The van der Waals surface area contributed by atoms with Crippen LogP contribution in [0, 0.1) is 5.41 Å². The van der Waals surface area contributed by atoms with Crippen molar-refractivity contribution in [3.63, 3.8) is 0 Å². The minimum atomic E-state index is -6.04. The molecule has 0 unspecified atom stereocenters. The van der Waals surface area contributed by atoms with Gasteiger partial charge in [0.05, 0.1) is 0 Å². The minimum absolute atomic E-state index is 0.361. The predicted molar refractivity (Wildman–Crippen MR) is 104 cm³/mol. The van der Waals surface area contributed by atoms with Gasteiger partial charge in [0.1, 0.15) is 11.5 Å². The number of hydrogen-bond donors (Lipinski definition) is 3. The van der Waals surface area contributed by atoms with E-state index in [4.69, 9.17) is 0 Å². The van der Waals surface area contributed by atoms with Gasteiger partial charge in [-0.15, -0.1) is 0 Å². The molecule has 0 spiro atoms. The molecule has 170 valence electrons. The molecule has 0 aromatic heterocycles. The highest BCUT2D eigenvalue weighted by Gasteiger charge is 2.60. The lowest BCUT2D eigenvalue weighted by Crippen LogP contribution is -2.58. The van der Waals surface area contributed by atoms with Gasteiger partial charge in [-0.1, -0.05) is 42.5 Å². The van der Waals surface area contributed by atoms with Gasteiger partial charge in [-0.05, 0) is 31.0 Å². The summed E-state index contributed by atoms with van der Waals surface area (Å²) in [7, 11) is 0. The van der Waals surface area contributed by atoms with Gasteiger partial charge in [-0.2, -0.15) is 22.0 Å². The first-order valence-corrected chi connectivity index (χ1v) is 9.33. The molecule has 1 aliphatic rings. The SMILES string of the molecule is CC(C)(C(=O)N[C@@H]1C(=O)Nc2ccccc2-c2ccccc21)C(=O)NC(F)(F)C(F)(F)F. The molecule has 0 saturated carbocycles. The average molecular weight is 455 g/mol. The molecule has 2 aromatic carbocycles. The monoisotopic (exact) mass is 455 g/mol. The van der Waals surface area contributed by atoms with Gasteiger partial charge in [-0.25, -0.2) is 0 Å².